The van der Waals surface area contributed by atoms with Gasteiger partial charge in [0.15, 0.2) is 5.90 Å². The molecule has 0 bridgehead atoms. The molecule has 0 aromatic rings. The second kappa shape index (κ2) is 4.09. The Morgan fingerprint density at radius 1 is 1.62 bits per heavy atom. The molecule has 2 atom stereocenters. The van der Waals surface area contributed by atoms with E-state index >= 15 is 0 Å². The molecule has 0 amide bonds. The molecule has 1 saturated heterocycles. The number of hydrogen-bond donors (Lipinski definition) is 1. The molecule has 2 aliphatic rings. The highest BCUT2D eigenvalue weighted by molar-refractivity contribution is 5.80. The van der Waals surface area contributed by atoms with Gasteiger partial charge in [0, 0.05) is 12.5 Å². The number of ether oxygens (including phenoxy) is 1. The lowest BCUT2D eigenvalue weighted by Crippen LogP contribution is -2.17. The van der Waals surface area contributed by atoms with Crippen molar-refractivity contribution in [3.05, 3.63) is 0 Å². The Kier molecular flexibility index (Phi) is 2.83. The van der Waals surface area contributed by atoms with Crippen LogP contribution < -0.4 is 5.32 Å². The molecule has 0 aromatic heterocycles. The van der Waals surface area contributed by atoms with Gasteiger partial charge in [0.05, 0.1) is 6.04 Å². The van der Waals surface area contributed by atoms with E-state index in [-0.39, 0.29) is 0 Å². The van der Waals surface area contributed by atoms with Crippen molar-refractivity contribution < 1.29 is 4.74 Å². The standard InChI is InChI=1S/C10H18N2O/c1-2-3-9-7-13-10(12-9)8-4-5-11-6-8/h8-9,11H,2-7H2,1H3. The quantitative estimate of drug-likeness (QED) is 0.711. The third-order valence-electron chi connectivity index (χ3n) is 2.76. The van der Waals surface area contributed by atoms with Crippen LogP contribution in [0, 0.1) is 5.92 Å². The van der Waals surface area contributed by atoms with Crippen molar-refractivity contribution in [1.82, 2.24) is 5.32 Å². The summed E-state index contributed by atoms with van der Waals surface area (Å²) < 4.78 is 5.61. The lowest BCUT2D eigenvalue weighted by molar-refractivity contribution is 0.294. The van der Waals surface area contributed by atoms with Gasteiger partial charge in [-0.15, -0.1) is 0 Å². The molecule has 1 N–H and O–H groups in total. The summed E-state index contributed by atoms with van der Waals surface area (Å²) in [5.74, 6) is 1.57. The topological polar surface area (TPSA) is 33.6 Å². The summed E-state index contributed by atoms with van der Waals surface area (Å²) in [5, 5.41) is 3.34. The van der Waals surface area contributed by atoms with Crippen LogP contribution in [0.4, 0.5) is 0 Å². The summed E-state index contributed by atoms with van der Waals surface area (Å²) in [7, 11) is 0. The predicted molar refractivity (Wildman–Crippen MR) is 53.1 cm³/mol. The maximum absolute atomic E-state index is 5.61. The van der Waals surface area contributed by atoms with Crippen molar-refractivity contribution in [2.24, 2.45) is 10.9 Å². The van der Waals surface area contributed by atoms with Crippen molar-refractivity contribution in [3.8, 4) is 0 Å². The van der Waals surface area contributed by atoms with E-state index in [1.807, 2.05) is 0 Å². The van der Waals surface area contributed by atoms with E-state index in [2.05, 4.69) is 17.2 Å². The molecule has 2 rings (SSSR count). The summed E-state index contributed by atoms with van der Waals surface area (Å²) in [4.78, 5) is 4.61. The van der Waals surface area contributed by atoms with Gasteiger partial charge >= 0.3 is 0 Å². The van der Waals surface area contributed by atoms with Crippen LogP contribution in [0.2, 0.25) is 0 Å². The molecule has 13 heavy (non-hydrogen) atoms. The number of nitrogens with one attached hydrogen (secondary N) is 1. The molecular weight excluding hydrogens is 164 g/mol. The van der Waals surface area contributed by atoms with E-state index in [1.165, 1.54) is 19.3 Å². The van der Waals surface area contributed by atoms with Crippen LogP contribution in [0.5, 0.6) is 0 Å². The highest BCUT2D eigenvalue weighted by Gasteiger charge is 2.27. The minimum Gasteiger partial charge on any atom is -0.478 e. The van der Waals surface area contributed by atoms with E-state index in [9.17, 15) is 0 Å². The van der Waals surface area contributed by atoms with Crippen molar-refractivity contribution >= 4 is 5.90 Å². The second-order valence-electron chi connectivity index (χ2n) is 3.91. The molecule has 0 aromatic carbocycles. The van der Waals surface area contributed by atoms with Crippen LogP contribution in [0.15, 0.2) is 4.99 Å². The first kappa shape index (κ1) is 9.00. The summed E-state index contributed by atoms with van der Waals surface area (Å²) >= 11 is 0. The fourth-order valence-electron chi connectivity index (χ4n) is 2.01. The van der Waals surface area contributed by atoms with Crippen LogP contribution in [0.3, 0.4) is 0 Å². The summed E-state index contributed by atoms with van der Waals surface area (Å²) in [6.45, 7) is 5.19. The Balaban J connectivity index is 1.89. The largest absolute Gasteiger partial charge is 0.478 e. The van der Waals surface area contributed by atoms with E-state index in [1.54, 1.807) is 0 Å². The summed E-state index contributed by atoms with van der Waals surface area (Å²) in [6.07, 6.45) is 3.56. The lowest BCUT2D eigenvalue weighted by atomic mass is 10.1. The average Bonchev–Trinajstić information content (AvgIpc) is 2.70. The number of rotatable bonds is 3. The normalized spacial score (nSPS) is 33.2. The zero-order valence-corrected chi connectivity index (χ0v) is 8.25. The van der Waals surface area contributed by atoms with E-state index < -0.39 is 0 Å². The summed E-state index contributed by atoms with van der Waals surface area (Å²) in [6, 6.07) is 0.445. The molecule has 74 valence electrons. The van der Waals surface area contributed by atoms with Gasteiger partial charge in [-0.05, 0) is 19.4 Å². The van der Waals surface area contributed by atoms with Gasteiger partial charge in [0.1, 0.15) is 6.61 Å². The monoisotopic (exact) mass is 182 g/mol. The number of nitrogens with zero attached hydrogens (tertiary/aromatic N) is 1. The third kappa shape index (κ3) is 2.02. The Morgan fingerprint density at radius 2 is 2.54 bits per heavy atom. The smallest absolute Gasteiger partial charge is 0.188 e. The first-order valence-corrected chi connectivity index (χ1v) is 5.31. The number of hydrogen-bond acceptors (Lipinski definition) is 3. The van der Waals surface area contributed by atoms with Gasteiger partial charge in [0.2, 0.25) is 0 Å². The zero-order chi connectivity index (χ0) is 9.10. The first-order chi connectivity index (χ1) is 6.40. The first-order valence-electron chi connectivity index (χ1n) is 5.31. The Hall–Kier alpha value is -0.570. The fraction of sp³-hybridized carbons (Fsp3) is 0.900. The van der Waals surface area contributed by atoms with Crippen molar-refractivity contribution in [1.29, 1.82) is 0 Å². The van der Waals surface area contributed by atoms with Crippen molar-refractivity contribution in [2.45, 2.75) is 32.2 Å². The predicted octanol–water partition coefficient (Wildman–Crippen LogP) is 1.19. The molecule has 1 fully saturated rings. The molecular formula is C10H18N2O. The number of aliphatic imine (C=N–C) groups is 1. The lowest BCUT2D eigenvalue weighted by Gasteiger charge is -2.06. The van der Waals surface area contributed by atoms with Crippen LogP contribution in [-0.4, -0.2) is 31.6 Å². The maximum Gasteiger partial charge on any atom is 0.188 e. The molecule has 0 aliphatic carbocycles. The van der Waals surface area contributed by atoms with Gasteiger partial charge < -0.3 is 10.1 Å². The Labute approximate surface area is 79.6 Å². The summed E-state index contributed by atoms with van der Waals surface area (Å²) in [5.41, 5.74) is 0. The maximum atomic E-state index is 5.61. The minimum absolute atomic E-state index is 0.445. The zero-order valence-electron chi connectivity index (χ0n) is 8.25. The van der Waals surface area contributed by atoms with Gasteiger partial charge in [-0.2, -0.15) is 0 Å². The molecule has 3 heteroatoms. The highest BCUT2D eigenvalue weighted by Crippen LogP contribution is 2.18. The molecule has 0 saturated carbocycles. The van der Waals surface area contributed by atoms with Crippen LogP contribution >= 0.6 is 0 Å². The van der Waals surface area contributed by atoms with Crippen molar-refractivity contribution in [2.75, 3.05) is 19.7 Å². The van der Waals surface area contributed by atoms with E-state index in [4.69, 9.17) is 4.74 Å². The molecule has 0 spiro atoms. The molecule has 2 aliphatic heterocycles. The van der Waals surface area contributed by atoms with Crippen molar-refractivity contribution in [3.63, 3.8) is 0 Å². The van der Waals surface area contributed by atoms with Gasteiger partial charge in [-0.1, -0.05) is 13.3 Å². The average molecular weight is 182 g/mol. The van der Waals surface area contributed by atoms with Crippen LogP contribution in [0.25, 0.3) is 0 Å². The van der Waals surface area contributed by atoms with Crippen LogP contribution in [0.1, 0.15) is 26.2 Å². The minimum atomic E-state index is 0.445. The van der Waals surface area contributed by atoms with E-state index in [0.29, 0.717) is 12.0 Å². The molecule has 2 heterocycles. The fourth-order valence-corrected chi connectivity index (χ4v) is 2.01. The van der Waals surface area contributed by atoms with Gasteiger partial charge in [0.25, 0.3) is 0 Å². The van der Waals surface area contributed by atoms with Gasteiger partial charge in [-0.25, -0.2) is 4.99 Å². The van der Waals surface area contributed by atoms with Crippen LogP contribution in [-0.2, 0) is 4.74 Å². The molecule has 0 radical (unpaired) electrons. The Bertz CT molecular complexity index is 197. The third-order valence-corrected chi connectivity index (χ3v) is 2.76. The Morgan fingerprint density at radius 3 is 3.23 bits per heavy atom. The molecule has 3 nitrogen and oxygen atoms in total. The SMILES string of the molecule is CCCC1COC(C2CCNC2)=N1. The highest BCUT2D eigenvalue weighted by atomic mass is 16.5. The molecule has 2 unspecified atom stereocenters. The van der Waals surface area contributed by atoms with E-state index in [0.717, 1.165) is 25.6 Å². The van der Waals surface area contributed by atoms with Gasteiger partial charge in [-0.3, -0.25) is 0 Å². The second-order valence-corrected chi connectivity index (χ2v) is 3.91.